The molecule has 0 bridgehead atoms. The van der Waals surface area contributed by atoms with Crippen LogP contribution in [0.15, 0.2) is 0 Å². The van der Waals surface area contributed by atoms with Crippen LogP contribution in [0.1, 0.15) is 42.1 Å². The van der Waals surface area contributed by atoms with Crippen LogP contribution in [0.2, 0.25) is 0 Å². The summed E-state index contributed by atoms with van der Waals surface area (Å²) in [5.74, 6) is 0.444. The van der Waals surface area contributed by atoms with Crippen LogP contribution in [0.5, 0.6) is 0 Å². The number of aryl methyl sites for hydroxylation is 1. The largest absolute Gasteiger partial charge is 0.338 e. The highest BCUT2D eigenvalue weighted by Crippen LogP contribution is 2.20. The molecule has 0 saturated carbocycles. The minimum absolute atomic E-state index is 0.0245. The van der Waals surface area contributed by atoms with E-state index in [0.29, 0.717) is 36.1 Å². The van der Waals surface area contributed by atoms with Gasteiger partial charge in [0.25, 0.3) is 5.91 Å². The molecule has 0 atom stereocenters. The maximum absolute atomic E-state index is 12.4. The molecule has 2 N–H and O–H groups in total. The molecule has 8 heteroatoms. The van der Waals surface area contributed by atoms with E-state index < -0.39 is 0 Å². The van der Waals surface area contributed by atoms with Gasteiger partial charge in [0.2, 0.25) is 0 Å². The summed E-state index contributed by atoms with van der Waals surface area (Å²) in [5.41, 5.74) is 0.698. The van der Waals surface area contributed by atoms with E-state index in [1.165, 1.54) is 0 Å². The highest BCUT2D eigenvalue weighted by atomic mass is 32.1. The van der Waals surface area contributed by atoms with E-state index in [-0.39, 0.29) is 18.0 Å². The van der Waals surface area contributed by atoms with Crippen molar-refractivity contribution in [2.75, 3.05) is 19.6 Å². The number of hydrogen-bond donors (Lipinski definition) is 2. The summed E-state index contributed by atoms with van der Waals surface area (Å²) in [7, 11) is 0. The molecule has 0 aromatic carbocycles. The van der Waals surface area contributed by atoms with Crippen molar-refractivity contribution in [1.29, 1.82) is 0 Å². The summed E-state index contributed by atoms with van der Waals surface area (Å²) < 4.78 is 3.81. The number of hydrogen-bond acceptors (Lipinski definition) is 5. The summed E-state index contributed by atoms with van der Waals surface area (Å²) in [6.45, 7) is 7.75. The molecule has 0 radical (unpaired) electrons. The van der Waals surface area contributed by atoms with Gasteiger partial charge in [-0.1, -0.05) is 4.49 Å². The van der Waals surface area contributed by atoms with Crippen molar-refractivity contribution in [2.45, 2.75) is 39.7 Å². The first-order valence-corrected chi connectivity index (χ1v) is 8.37. The summed E-state index contributed by atoms with van der Waals surface area (Å²) in [6.07, 6.45) is 1.80. The van der Waals surface area contributed by atoms with Crippen molar-refractivity contribution in [3.63, 3.8) is 0 Å². The minimum atomic E-state index is -0.125. The molecule has 2 rings (SSSR count). The summed E-state index contributed by atoms with van der Waals surface area (Å²) >= 11 is 1.15. The molecule has 122 valence electrons. The number of likely N-dealkylation sites (tertiary alicyclic amines) is 1. The molecular weight excluding hydrogens is 302 g/mol. The maximum atomic E-state index is 12.4. The SMILES string of the molecule is Cc1nnsc1C(=O)N1CCC(CNC(=O)NC(C)C)CC1. The van der Waals surface area contributed by atoms with Crippen LogP contribution in [-0.4, -0.2) is 52.1 Å². The molecular formula is C14H23N5O2S. The first-order valence-electron chi connectivity index (χ1n) is 7.60. The average molecular weight is 325 g/mol. The number of amides is 3. The number of nitrogens with zero attached hydrogens (tertiary/aromatic N) is 3. The number of urea groups is 1. The van der Waals surface area contributed by atoms with Crippen molar-refractivity contribution in [2.24, 2.45) is 5.92 Å². The summed E-state index contributed by atoms with van der Waals surface area (Å²) in [4.78, 5) is 26.4. The van der Waals surface area contributed by atoms with Gasteiger partial charge < -0.3 is 15.5 Å². The fourth-order valence-corrected chi connectivity index (χ4v) is 3.09. The van der Waals surface area contributed by atoms with Gasteiger partial charge >= 0.3 is 6.03 Å². The highest BCUT2D eigenvalue weighted by molar-refractivity contribution is 7.07. The van der Waals surface area contributed by atoms with Crippen LogP contribution in [0.25, 0.3) is 0 Å². The Labute approximate surface area is 134 Å². The quantitative estimate of drug-likeness (QED) is 0.876. The zero-order valence-corrected chi connectivity index (χ0v) is 14.1. The third-order valence-electron chi connectivity index (χ3n) is 3.72. The second-order valence-electron chi connectivity index (χ2n) is 5.93. The number of aromatic nitrogens is 2. The topological polar surface area (TPSA) is 87.2 Å². The van der Waals surface area contributed by atoms with Crippen molar-refractivity contribution >= 4 is 23.5 Å². The monoisotopic (exact) mass is 325 g/mol. The van der Waals surface area contributed by atoms with E-state index in [2.05, 4.69) is 20.2 Å². The number of carbonyl (C=O) groups excluding carboxylic acids is 2. The number of piperidine rings is 1. The first-order chi connectivity index (χ1) is 10.5. The predicted molar refractivity (Wildman–Crippen MR) is 84.9 cm³/mol. The maximum Gasteiger partial charge on any atom is 0.314 e. The van der Waals surface area contributed by atoms with E-state index >= 15 is 0 Å². The highest BCUT2D eigenvalue weighted by Gasteiger charge is 2.26. The van der Waals surface area contributed by atoms with Gasteiger partial charge in [-0.2, -0.15) is 0 Å². The second kappa shape index (κ2) is 7.53. The first kappa shape index (κ1) is 16.7. The number of carbonyl (C=O) groups is 2. The zero-order chi connectivity index (χ0) is 16.1. The van der Waals surface area contributed by atoms with E-state index in [0.717, 1.165) is 24.4 Å². The lowest BCUT2D eigenvalue weighted by Crippen LogP contribution is -2.44. The minimum Gasteiger partial charge on any atom is -0.338 e. The van der Waals surface area contributed by atoms with Gasteiger partial charge in [-0.15, -0.1) is 5.10 Å². The Morgan fingerprint density at radius 3 is 2.59 bits per heavy atom. The smallest absolute Gasteiger partial charge is 0.314 e. The molecule has 1 aromatic heterocycles. The second-order valence-corrected chi connectivity index (χ2v) is 6.69. The molecule has 2 heterocycles. The average Bonchev–Trinajstić information content (AvgIpc) is 2.90. The lowest BCUT2D eigenvalue weighted by Gasteiger charge is -2.31. The molecule has 1 saturated heterocycles. The van der Waals surface area contributed by atoms with Crippen molar-refractivity contribution in [3.05, 3.63) is 10.6 Å². The molecule has 22 heavy (non-hydrogen) atoms. The van der Waals surface area contributed by atoms with E-state index in [1.807, 2.05) is 18.7 Å². The van der Waals surface area contributed by atoms with Crippen LogP contribution in [0, 0.1) is 12.8 Å². The Bertz CT molecular complexity index is 523. The van der Waals surface area contributed by atoms with Gasteiger partial charge in [-0.25, -0.2) is 4.79 Å². The van der Waals surface area contributed by atoms with E-state index in [9.17, 15) is 9.59 Å². The lowest BCUT2D eigenvalue weighted by atomic mass is 9.96. The predicted octanol–water partition coefficient (Wildman–Crippen LogP) is 1.41. The fraction of sp³-hybridized carbons (Fsp3) is 0.714. The van der Waals surface area contributed by atoms with Crippen molar-refractivity contribution in [3.8, 4) is 0 Å². The third kappa shape index (κ3) is 4.40. The third-order valence-corrected chi connectivity index (χ3v) is 4.53. The Morgan fingerprint density at radius 1 is 1.36 bits per heavy atom. The zero-order valence-electron chi connectivity index (χ0n) is 13.3. The Balaban J connectivity index is 1.75. The lowest BCUT2D eigenvalue weighted by molar-refractivity contribution is 0.0694. The van der Waals surface area contributed by atoms with Crippen molar-refractivity contribution < 1.29 is 9.59 Å². The fourth-order valence-electron chi connectivity index (χ4n) is 2.46. The normalized spacial score (nSPS) is 15.9. The molecule has 7 nitrogen and oxygen atoms in total. The Kier molecular flexibility index (Phi) is 5.70. The van der Waals surface area contributed by atoms with E-state index in [1.54, 1.807) is 6.92 Å². The molecule has 0 unspecified atom stereocenters. The molecule has 3 amide bonds. The van der Waals surface area contributed by atoms with Crippen LogP contribution in [0.3, 0.4) is 0 Å². The van der Waals surface area contributed by atoms with Gasteiger partial charge in [-0.3, -0.25) is 4.79 Å². The Hall–Kier alpha value is -1.70. The van der Waals surface area contributed by atoms with Gasteiger partial charge in [0, 0.05) is 25.7 Å². The van der Waals surface area contributed by atoms with Gasteiger partial charge in [0.15, 0.2) is 0 Å². The summed E-state index contributed by atoms with van der Waals surface area (Å²) in [6, 6.07) is 0.00980. The molecule has 0 spiro atoms. The molecule has 1 aliphatic heterocycles. The number of rotatable bonds is 4. The van der Waals surface area contributed by atoms with Crippen LogP contribution in [-0.2, 0) is 0 Å². The van der Waals surface area contributed by atoms with Crippen molar-refractivity contribution in [1.82, 2.24) is 25.1 Å². The van der Waals surface area contributed by atoms with E-state index in [4.69, 9.17) is 0 Å². The molecule has 1 aromatic rings. The number of nitrogens with one attached hydrogen (secondary N) is 2. The van der Waals surface area contributed by atoms with Gasteiger partial charge in [0.05, 0.1) is 5.69 Å². The van der Waals surface area contributed by atoms with Crippen LogP contribution in [0.4, 0.5) is 4.79 Å². The van der Waals surface area contributed by atoms with Gasteiger partial charge in [-0.05, 0) is 51.1 Å². The Morgan fingerprint density at radius 2 is 2.05 bits per heavy atom. The molecule has 1 fully saturated rings. The molecule has 0 aliphatic carbocycles. The van der Waals surface area contributed by atoms with Crippen LogP contribution >= 0.6 is 11.5 Å². The van der Waals surface area contributed by atoms with Gasteiger partial charge in [0.1, 0.15) is 4.88 Å². The molecule has 1 aliphatic rings. The summed E-state index contributed by atoms with van der Waals surface area (Å²) in [5, 5.41) is 9.59. The standard InChI is InChI=1S/C14H23N5O2S/c1-9(2)16-14(21)15-8-11-4-6-19(7-5-11)13(20)12-10(3)17-18-22-12/h9,11H,4-8H2,1-3H3,(H2,15,16,21). The van der Waals surface area contributed by atoms with Crippen LogP contribution < -0.4 is 10.6 Å².